The summed E-state index contributed by atoms with van der Waals surface area (Å²) >= 11 is 0. The molecule has 4 rings (SSSR count). The van der Waals surface area contributed by atoms with Crippen LogP contribution in [0.5, 0.6) is 0 Å². The average molecular weight is 290 g/mol. The minimum Gasteiger partial charge on any atom is -0.306 e. The van der Waals surface area contributed by atoms with Gasteiger partial charge in [0, 0.05) is 10.9 Å². The van der Waals surface area contributed by atoms with Crippen molar-refractivity contribution in [3.63, 3.8) is 0 Å². The first-order valence-electron chi connectivity index (χ1n) is 6.71. The normalized spacial score (nSPS) is 11.1. The van der Waals surface area contributed by atoms with Gasteiger partial charge in [0.1, 0.15) is 0 Å². The van der Waals surface area contributed by atoms with Crippen LogP contribution in [0.2, 0.25) is 0 Å². The number of nitrogens with zero attached hydrogens (tertiary/aromatic N) is 3. The molecule has 0 aliphatic heterocycles. The van der Waals surface area contributed by atoms with Gasteiger partial charge in [-0.3, -0.25) is 4.79 Å². The Balaban J connectivity index is 2.17. The third kappa shape index (κ3) is 1.74. The summed E-state index contributed by atoms with van der Waals surface area (Å²) in [6.45, 7) is 0. The maximum atomic E-state index is 12.6. The summed E-state index contributed by atoms with van der Waals surface area (Å²) in [5.74, 6) is 0. The number of aromatic nitrogens is 4. The van der Waals surface area contributed by atoms with Crippen LogP contribution in [0.15, 0.2) is 64.2 Å². The standard InChI is InChI=1S/C16H10N4O2/c21-15-13(10-6-2-1-3-7-10)18-19-14-11-8-4-5-9-12(11)17-16(22)20(14)15/h1-9H,(H,17,22). The smallest absolute Gasteiger partial charge is 0.306 e. The molecule has 0 fully saturated rings. The molecule has 6 heteroatoms. The number of hydrogen-bond donors (Lipinski definition) is 1. The van der Waals surface area contributed by atoms with Crippen LogP contribution in [0.4, 0.5) is 0 Å². The zero-order valence-electron chi connectivity index (χ0n) is 11.4. The molecule has 0 atom stereocenters. The molecule has 0 bridgehead atoms. The SMILES string of the molecule is O=c1[nH]c2ccccc2c2nnc(-c3ccccc3)c(=O)n12. The largest absolute Gasteiger partial charge is 0.334 e. The lowest BCUT2D eigenvalue weighted by Gasteiger charge is -2.05. The molecule has 6 nitrogen and oxygen atoms in total. The van der Waals surface area contributed by atoms with Crippen molar-refractivity contribution in [1.29, 1.82) is 0 Å². The van der Waals surface area contributed by atoms with Crippen molar-refractivity contribution in [2.75, 3.05) is 0 Å². The minimum atomic E-state index is -0.522. The Bertz CT molecular complexity index is 1110. The lowest BCUT2D eigenvalue weighted by molar-refractivity contribution is 0.896. The molecule has 0 spiro atoms. The molecule has 4 aromatic rings. The van der Waals surface area contributed by atoms with E-state index in [0.717, 1.165) is 4.40 Å². The van der Waals surface area contributed by atoms with Crippen molar-refractivity contribution in [2.45, 2.75) is 0 Å². The summed E-state index contributed by atoms with van der Waals surface area (Å²) < 4.78 is 1.03. The third-order valence-corrected chi connectivity index (χ3v) is 3.52. The van der Waals surface area contributed by atoms with E-state index in [9.17, 15) is 9.59 Å². The Morgan fingerprint density at radius 2 is 1.59 bits per heavy atom. The molecule has 0 aliphatic carbocycles. The van der Waals surface area contributed by atoms with Crippen molar-refractivity contribution in [2.24, 2.45) is 0 Å². The van der Waals surface area contributed by atoms with Crippen LogP contribution >= 0.6 is 0 Å². The predicted molar refractivity (Wildman–Crippen MR) is 82.8 cm³/mol. The molecule has 0 unspecified atom stereocenters. The first-order chi connectivity index (χ1) is 10.8. The summed E-state index contributed by atoms with van der Waals surface area (Å²) in [5.41, 5.74) is 0.646. The van der Waals surface area contributed by atoms with Gasteiger partial charge in [0.15, 0.2) is 11.3 Å². The van der Waals surface area contributed by atoms with Gasteiger partial charge in [-0.2, -0.15) is 0 Å². The molecule has 0 aliphatic rings. The van der Waals surface area contributed by atoms with E-state index in [0.29, 0.717) is 16.5 Å². The summed E-state index contributed by atoms with van der Waals surface area (Å²) in [6, 6.07) is 16.1. The van der Waals surface area contributed by atoms with Crippen LogP contribution in [0.1, 0.15) is 0 Å². The zero-order valence-corrected chi connectivity index (χ0v) is 11.4. The number of benzene rings is 2. The van der Waals surface area contributed by atoms with Gasteiger partial charge >= 0.3 is 5.69 Å². The Kier molecular flexibility index (Phi) is 2.62. The van der Waals surface area contributed by atoms with Crippen molar-refractivity contribution in [3.05, 3.63) is 75.4 Å². The molecule has 2 heterocycles. The molecule has 0 amide bonds. The Morgan fingerprint density at radius 1 is 0.864 bits per heavy atom. The fourth-order valence-corrected chi connectivity index (χ4v) is 2.49. The fraction of sp³-hybridized carbons (Fsp3) is 0. The van der Waals surface area contributed by atoms with Crippen molar-refractivity contribution in [1.82, 2.24) is 19.6 Å². The van der Waals surface area contributed by atoms with Gasteiger partial charge in [-0.15, -0.1) is 10.2 Å². The van der Waals surface area contributed by atoms with Crippen LogP contribution in [0, 0.1) is 0 Å². The van der Waals surface area contributed by atoms with E-state index in [2.05, 4.69) is 15.2 Å². The zero-order chi connectivity index (χ0) is 15.1. The van der Waals surface area contributed by atoms with Gasteiger partial charge in [-0.1, -0.05) is 42.5 Å². The van der Waals surface area contributed by atoms with Crippen LogP contribution in [-0.2, 0) is 0 Å². The maximum absolute atomic E-state index is 12.6. The van der Waals surface area contributed by atoms with Crippen LogP contribution in [0.25, 0.3) is 27.8 Å². The first-order valence-corrected chi connectivity index (χ1v) is 6.71. The Labute approximate surface area is 123 Å². The second-order valence-electron chi connectivity index (χ2n) is 4.85. The molecule has 1 N–H and O–H groups in total. The van der Waals surface area contributed by atoms with Gasteiger partial charge in [0.2, 0.25) is 0 Å². The average Bonchev–Trinajstić information content (AvgIpc) is 2.56. The number of H-pyrrole nitrogens is 1. The minimum absolute atomic E-state index is 0.152. The topological polar surface area (TPSA) is 80.1 Å². The second-order valence-corrected chi connectivity index (χ2v) is 4.85. The van der Waals surface area contributed by atoms with Crippen molar-refractivity contribution in [3.8, 4) is 11.3 Å². The maximum Gasteiger partial charge on any atom is 0.334 e. The van der Waals surface area contributed by atoms with E-state index in [-0.39, 0.29) is 11.3 Å². The molecular weight excluding hydrogens is 280 g/mol. The molecule has 0 saturated carbocycles. The lowest BCUT2D eigenvalue weighted by atomic mass is 10.1. The van der Waals surface area contributed by atoms with Gasteiger partial charge in [0.05, 0.1) is 5.52 Å². The van der Waals surface area contributed by atoms with E-state index < -0.39 is 11.2 Å². The molecular formula is C16H10N4O2. The summed E-state index contributed by atoms with van der Waals surface area (Å²) in [5, 5.41) is 8.80. The lowest BCUT2D eigenvalue weighted by Crippen LogP contribution is -2.31. The summed E-state index contributed by atoms with van der Waals surface area (Å²) in [6.07, 6.45) is 0. The third-order valence-electron chi connectivity index (χ3n) is 3.52. The van der Waals surface area contributed by atoms with Crippen molar-refractivity contribution >= 4 is 16.6 Å². The highest BCUT2D eigenvalue weighted by molar-refractivity contribution is 5.90. The highest BCUT2D eigenvalue weighted by Crippen LogP contribution is 2.15. The second kappa shape index (κ2) is 4.63. The summed E-state index contributed by atoms with van der Waals surface area (Å²) in [7, 11) is 0. The molecule has 2 aromatic heterocycles. The monoisotopic (exact) mass is 290 g/mol. The number of para-hydroxylation sites is 1. The first kappa shape index (κ1) is 12.5. The fourth-order valence-electron chi connectivity index (χ4n) is 2.49. The summed E-state index contributed by atoms with van der Waals surface area (Å²) in [4.78, 5) is 27.6. The quantitative estimate of drug-likeness (QED) is 0.540. The number of rotatable bonds is 1. The molecule has 22 heavy (non-hydrogen) atoms. The van der Waals surface area contributed by atoms with E-state index in [1.807, 2.05) is 12.1 Å². The van der Waals surface area contributed by atoms with E-state index >= 15 is 0 Å². The van der Waals surface area contributed by atoms with Crippen LogP contribution in [0.3, 0.4) is 0 Å². The number of hydrogen-bond acceptors (Lipinski definition) is 4. The predicted octanol–water partition coefficient (Wildman–Crippen LogP) is 1.60. The van der Waals surface area contributed by atoms with Gasteiger partial charge in [0.25, 0.3) is 5.56 Å². The number of fused-ring (bicyclic) bond motifs is 3. The van der Waals surface area contributed by atoms with Crippen LogP contribution in [-0.4, -0.2) is 19.6 Å². The molecule has 0 radical (unpaired) electrons. The van der Waals surface area contributed by atoms with Gasteiger partial charge < -0.3 is 4.98 Å². The Hall–Kier alpha value is -3.28. The highest BCUT2D eigenvalue weighted by atomic mass is 16.2. The van der Waals surface area contributed by atoms with E-state index in [1.165, 1.54) is 0 Å². The van der Waals surface area contributed by atoms with Crippen LogP contribution < -0.4 is 11.2 Å². The highest BCUT2D eigenvalue weighted by Gasteiger charge is 2.13. The van der Waals surface area contributed by atoms with E-state index in [4.69, 9.17) is 0 Å². The van der Waals surface area contributed by atoms with E-state index in [1.54, 1.807) is 42.5 Å². The van der Waals surface area contributed by atoms with Gasteiger partial charge in [-0.25, -0.2) is 9.20 Å². The van der Waals surface area contributed by atoms with Gasteiger partial charge in [-0.05, 0) is 12.1 Å². The number of nitrogens with one attached hydrogen (secondary N) is 1. The van der Waals surface area contributed by atoms with Crippen molar-refractivity contribution < 1.29 is 0 Å². The molecule has 106 valence electrons. The molecule has 0 saturated heterocycles. The Morgan fingerprint density at radius 3 is 2.41 bits per heavy atom. The molecule has 2 aromatic carbocycles. The number of aromatic amines is 1.